The first kappa shape index (κ1) is 92.3. The highest BCUT2D eigenvalue weighted by atomic mass is 31.2. The Hall–Kier alpha value is -1.69. The number of carbonyl (C=O) groups is 2. The number of carbonyl (C=O) groups excluding carboxylic acids is 2. The second-order valence-corrected chi connectivity index (χ2v) is 32.3. The van der Waals surface area contributed by atoms with E-state index in [1.807, 2.05) is 0 Å². The fourth-order valence-corrected chi connectivity index (χ4v) is 15.8. The topological polar surface area (TPSA) is 88.1 Å². The molecule has 0 saturated carbocycles. The number of ether oxygens (including phenoxy) is 2. The lowest BCUT2D eigenvalue weighted by Gasteiger charge is -2.20. The Kier molecular flexibility index (Phi) is 73.0. The van der Waals surface area contributed by atoms with Crippen LogP contribution in [-0.4, -0.2) is 38.4 Å². The van der Waals surface area contributed by atoms with Crippen molar-refractivity contribution in [1.29, 1.82) is 0 Å². The highest BCUT2D eigenvalue weighted by Crippen LogP contribution is 2.48. The largest absolute Gasteiger partial charge is 0.462 e. The third-order valence-corrected chi connectivity index (χ3v) is 22.6. The molecule has 1 aromatic carbocycles. The lowest BCUT2D eigenvalue weighted by molar-refractivity contribution is 0.0496. The van der Waals surface area contributed by atoms with Gasteiger partial charge in [0.2, 0.25) is 0 Å². The van der Waals surface area contributed by atoms with Crippen molar-refractivity contribution in [3.8, 4) is 0 Å². The molecular formula is C88H167O7P. The predicted octanol–water partition coefficient (Wildman–Crippen LogP) is 31.0. The highest BCUT2D eigenvalue weighted by Gasteiger charge is 2.31. The van der Waals surface area contributed by atoms with Gasteiger partial charge in [-0.15, -0.1) is 0 Å². The van der Waals surface area contributed by atoms with Crippen LogP contribution in [0.25, 0.3) is 0 Å². The van der Waals surface area contributed by atoms with Gasteiger partial charge in [0.25, 0.3) is 0 Å². The molecule has 0 spiro atoms. The van der Waals surface area contributed by atoms with Crippen molar-refractivity contribution in [2.45, 2.75) is 490 Å². The van der Waals surface area contributed by atoms with E-state index in [0.29, 0.717) is 26.4 Å². The maximum absolute atomic E-state index is 15.3. The predicted molar refractivity (Wildman–Crippen MR) is 421 cm³/mol. The molecule has 0 aromatic heterocycles. The number of esters is 2. The van der Waals surface area contributed by atoms with Crippen molar-refractivity contribution >= 4 is 24.8 Å². The van der Waals surface area contributed by atoms with Gasteiger partial charge in [0.05, 0.1) is 42.9 Å². The first-order valence-electron chi connectivity index (χ1n) is 43.8. The smallest absolute Gasteiger partial charge is 0.361 e. The summed E-state index contributed by atoms with van der Waals surface area (Å²) in [6, 6.07) is 4.79. The zero-order valence-electron chi connectivity index (χ0n) is 65.3. The van der Waals surface area contributed by atoms with Crippen LogP contribution in [0.3, 0.4) is 0 Å². The fourth-order valence-electron chi connectivity index (χ4n) is 14.1. The maximum atomic E-state index is 15.3. The average molecular weight is 1370 g/mol. The number of unbranched alkanes of at least 4 members (excludes halogenated alkanes) is 68. The average Bonchev–Trinajstić information content (AvgIpc) is 0.817. The lowest BCUT2D eigenvalue weighted by Crippen LogP contribution is -2.19. The molecule has 0 N–H and O–H groups in total. The van der Waals surface area contributed by atoms with E-state index in [1.54, 1.807) is 18.2 Å². The highest BCUT2D eigenvalue weighted by molar-refractivity contribution is 7.62. The number of hydrogen-bond acceptors (Lipinski definition) is 7. The third-order valence-electron chi connectivity index (χ3n) is 20.7. The third kappa shape index (κ3) is 63.2. The normalized spacial score (nSPS) is 11.8. The molecule has 1 aromatic rings. The molecule has 566 valence electrons. The van der Waals surface area contributed by atoms with Crippen LogP contribution >= 0.6 is 7.60 Å². The van der Waals surface area contributed by atoms with E-state index in [1.165, 1.54) is 385 Å². The Morgan fingerprint density at radius 2 is 0.365 bits per heavy atom. The van der Waals surface area contributed by atoms with Crippen molar-refractivity contribution in [3.63, 3.8) is 0 Å². The fraction of sp³-hybridized carbons (Fsp3) is 0.909. The first-order chi connectivity index (χ1) is 47.4. The zero-order chi connectivity index (χ0) is 69.1. The molecule has 0 atom stereocenters. The van der Waals surface area contributed by atoms with Crippen LogP contribution in [0.15, 0.2) is 18.2 Å². The van der Waals surface area contributed by atoms with Gasteiger partial charge in [-0.25, -0.2) is 9.59 Å². The molecule has 0 unspecified atom stereocenters. The van der Waals surface area contributed by atoms with E-state index >= 15 is 4.57 Å². The summed E-state index contributed by atoms with van der Waals surface area (Å²) in [5.41, 5.74) is 0.396. The van der Waals surface area contributed by atoms with Crippen molar-refractivity contribution in [3.05, 3.63) is 29.3 Å². The molecule has 0 aliphatic rings. The van der Waals surface area contributed by atoms with Gasteiger partial charge in [0.1, 0.15) is 0 Å². The van der Waals surface area contributed by atoms with Crippen molar-refractivity contribution < 1.29 is 32.7 Å². The van der Waals surface area contributed by atoms with E-state index < -0.39 is 19.5 Å². The minimum absolute atomic E-state index is 0.198. The van der Waals surface area contributed by atoms with Crippen molar-refractivity contribution in [2.24, 2.45) is 0 Å². The van der Waals surface area contributed by atoms with Crippen LogP contribution in [0, 0.1) is 0 Å². The van der Waals surface area contributed by atoms with Gasteiger partial charge in [0.15, 0.2) is 0 Å². The number of benzene rings is 1. The SMILES string of the molecule is CCCCCCCCCCCCCCCCCCCCOC(=O)c1cc(C(=O)OCCCCCCCCCCCCCCCCCCCC)cc(P(=O)(OCCCCCCCCCCCCCCCCCCCC)OCCCCCCCCCCCCCCCCCCCC)c1. The Balaban J connectivity index is 2.86. The maximum Gasteiger partial charge on any atom is 0.361 e. The first-order valence-corrected chi connectivity index (χ1v) is 45.3. The van der Waals surface area contributed by atoms with Crippen LogP contribution in [0.1, 0.15) is 511 Å². The molecule has 1 rings (SSSR count). The monoisotopic (exact) mass is 1370 g/mol. The van der Waals surface area contributed by atoms with Crippen LogP contribution in [0.4, 0.5) is 0 Å². The summed E-state index contributed by atoms with van der Waals surface area (Å²) in [6.45, 7) is 10.4. The molecule has 8 heteroatoms. The molecule has 0 saturated heterocycles. The lowest BCUT2D eigenvalue weighted by atomic mass is 10.0. The van der Waals surface area contributed by atoms with Gasteiger partial charge in [-0.2, -0.15) is 0 Å². The van der Waals surface area contributed by atoms with E-state index in [9.17, 15) is 9.59 Å². The molecular weight excluding hydrogens is 1200 g/mol. The van der Waals surface area contributed by atoms with Crippen molar-refractivity contribution in [2.75, 3.05) is 26.4 Å². The summed E-state index contributed by atoms with van der Waals surface area (Å²) in [5, 5.41) is 0.245. The Morgan fingerprint density at radius 3 is 0.531 bits per heavy atom. The summed E-state index contributed by atoms with van der Waals surface area (Å²) >= 11 is 0. The van der Waals surface area contributed by atoms with Gasteiger partial charge in [-0.05, 0) is 43.9 Å². The molecule has 0 fully saturated rings. The van der Waals surface area contributed by atoms with E-state index in [2.05, 4.69) is 27.7 Å². The minimum Gasteiger partial charge on any atom is -0.462 e. The zero-order valence-corrected chi connectivity index (χ0v) is 66.2. The van der Waals surface area contributed by atoms with Gasteiger partial charge >= 0.3 is 19.5 Å². The summed E-state index contributed by atoms with van der Waals surface area (Å²) in [6.07, 6.45) is 93.5. The van der Waals surface area contributed by atoms with Crippen LogP contribution in [0.2, 0.25) is 0 Å². The molecule has 0 aliphatic heterocycles. The second kappa shape index (κ2) is 76.0. The number of hydrogen-bond donors (Lipinski definition) is 0. The Labute approximate surface area is 600 Å². The van der Waals surface area contributed by atoms with Crippen molar-refractivity contribution in [1.82, 2.24) is 0 Å². The summed E-state index contributed by atoms with van der Waals surface area (Å²) in [4.78, 5) is 27.9. The molecule has 0 radical (unpaired) electrons. The van der Waals surface area contributed by atoms with Gasteiger partial charge < -0.3 is 18.5 Å². The van der Waals surface area contributed by atoms with Gasteiger partial charge in [-0.3, -0.25) is 4.57 Å². The molecule has 0 aliphatic carbocycles. The van der Waals surface area contributed by atoms with E-state index in [4.69, 9.17) is 18.5 Å². The summed E-state index contributed by atoms with van der Waals surface area (Å²) in [7, 11) is -3.94. The quantitative estimate of drug-likeness (QED) is 0.0365. The van der Waals surface area contributed by atoms with Crippen LogP contribution in [0.5, 0.6) is 0 Å². The van der Waals surface area contributed by atoms with E-state index in [-0.39, 0.29) is 16.4 Å². The standard InChI is InChI=1S/C88H167O7P/c1-5-9-13-17-21-25-29-33-37-41-45-49-53-57-61-65-69-73-77-92-87(89)84-81-85(88(90)93-78-74-70-66-62-58-54-50-46-42-38-34-30-26-22-18-14-10-6-2)83-86(82-84)96(91,94-79-75-71-67-63-59-55-51-47-43-39-35-31-27-23-19-15-11-7-3)95-80-76-72-68-64-60-56-52-48-44-40-36-32-28-24-20-16-12-8-4/h81-83H,5-80H2,1-4H3. The van der Waals surface area contributed by atoms with Gasteiger partial charge in [-0.1, -0.05) is 464 Å². The minimum atomic E-state index is -3.94. The molecule has 0 bridgehead atoms. The van der Waals surface area contributed by atoms with E-state index in [0.717, 1.165) is 77.0 Å². The Bertz CT molecular complexity index is 1660. The van der Waals surface area contributed by atoms with Gasteiger partial charge in [0, 0.05) is 0 Å². The molecule has 0 heterocycles. The van der Waals surface area contributed by atoms with Crippen LogP contribution < -0.4 is 5.30 Å². The molecule has 0 amide bonds. The summed E-state index contributed by atoms with van der Waals surface area (Å²) < 4.78 is 39.8. The number of rotatable bonds is 81. The molecule has 96 heavy (non-hydrogen) atoms. The molecule has 7 nitrogen and oxygen atoms in total. The van der Waals surface area contributed by atoms with Crippen LogP contribution in [-0.2, 0) is 23.1 Å². The Morgan fingerprint density at radius 1 is 0.219 bits per heavy atom. The second-order valence-electron chi connectivity index (χ2n) is 30.2. The summed E-state index contributed by atoms with van der Waals surface area (Å²) in [5.74, 6) is -1.03.